The second-order valence-corrected chi connectivity index (χ2v) is 8.11. The van der Waals surface area contributed by atoms with Crippen LogP contribution in [0.2, 0.25) is 0 Å². The van der Waals surface area contributed by atoms with Crippen LogP contribution in [0.3, 0.4) is 0 Å². The Morgan fingerprint density at radius 3 is 2.81 bits per heavy atom. The first-order valence-electron chi connectivity index (χ1n) is 9.00. The number of thiazole rings is 1. The number of nitrogens with one attached hydrogen (secondary N) is 1. The van der Waals surface area contributed by atoms with Crippen molar-refractivity contribution in [2.45, 2.75) is 44.8 Å². The van der Waals surface area contributed by atoms with Crippen molar-refractivity contribution in [3.8, 4) is 22.1 Å². The quantitative estimate of drug-likeness (QED) is 0.818. The molecule has 1 amide bonds. The lowest BCUT2D eigenvalue weighted by atomic mass is 9.94. The molecule has 6 nitrogen and oxygen atoms in total. The van der Waals surface area contributed by atoms with Gasteiger partial charge in [0, 0.05) is 23.6 Å². The number of amides is 1. The van der Waals surface area contributed by atoms with Crippen LogP contribution < -0.4 is 14.8 Å². The zero-order valence-corrected chi connectivity index (χ0v) is 17.0. The first kappa shape index (κ1) is 19.6. The molecule has 2 heterocycles. The van der Waals surface area contributed by atoms with Crippen molar-refractivity contribution in [3.63, 3.8) is 0 Å². The van der Waals surface area contributed by atoms with E-state index in [9.17, 15) is 4.79 Å². The van der Waals surface area contributed by atoms with E-state index in [-0.39, 0.29) is 24.0 Å². The summed E-state index contributed by atoms with van der Waals surface area (Å²) in [6, 6.07) is 5.85. The Hall–Kier alpha value is -2.12. The van der Waals surface area contributed by atoms with Crippen molar-refractivity contribution in [2.75, 3.05) is 20.8 Å². The van der Waals surface area contributed by atoms with E-state index < -0.39 is 0 Å². The lowest BCUT2D eigenvalue weighted by molar-refractivity contribution is -0.123. The molecule has 0 unspecified atom stereocenters. The molecule has 2 aromatic rings. The molecule has 0 saturated carbocycles. The van der Waals surface area contributed by atoms with Crippen molar-refractivity contribution in [2.24, 2.45) is 0 Å². The number of hydrogen-bond acceptors (Lipinski definition) is 6. The number of benzene rings is 1. The summed E-state index contributed by atoms with van der Waals surface area (Å²) in [6.45, 7) is 4.79. The van der Waals surface area contributed by atoms with Crippen LogP contribution >= 0.6 is 11.3 Å². The van der Waals surface area contributed by atoms with E-state index in [2.05, 4.69) is 24.1 Å². The van der Waals surface area contributed by atoms with E-state index in [1.54, 1.807) is 14.2 Å². The van der Waals surface area contributed by atoms with Gasteiger partial charge in [-0.2, -0.15) is 0 Å². The minimum Gasteiger partial charge on any atom is -0.493 e. The van der Waals surface area contributed by atoms with Crippen LogP contribution in [0.1, 0.15) is 32.4 Å². The molecule has 7 heteroatoms. The maximum absolute atomic E-state index is 12.4. The van der Waals surface area contributed by atoms with Crippen LogP contribution in [0.25, 0.3) is 10.6 Å². The van der Waals surface area contributed by atoms with Gasteiger partial charge in [-0.05, 0) is 44.9 Å². The molecule has 1 aliphatic rings. The van der Waals surface area contributed by atoms with Crippen molar-refractivity contribution >= 4 is 17.2 Å². The maximum atomic E-state index is 12.4. The Labute approximate surface area is 163 Å². The standard InChI is InChI=1S/C20H26N2O4S/c1-20(2)11-14(7-8-26-20)21-18(23)10-15-12-27-19(22-15)13-5-6-16(24-3)17(9-13)25-4/h5-6,9,12,14H,7-8,10-11H2,1-4H3,(H,21,23)/t14-/m1/s1. The molecule has 1 N–H and O–H groups in total. The Kier molecular flexibility index (Phi) is 6.01. The van der Waals surface area contributed by atoms with Crippen LogP contribution in [0.15, 0.2) is 23.6 Å². The summed E-state index contributed by atoms with van der Waals surface area (Å²) >= 11 is 1.52. The molecular formula is C20H26N2O4S. The van der Waals surface area contributed by atoms with Gasteiger partial charge in [-0.1, -0.05) is 0 Å². The smallest absolute Gasteiger partial charge is 0.226 e. The molecule has 1 aromatic heterocycles. The zero-order chi connectivity index (χ0) is 19.4. The van der Waals surface area contributed by atoms with Gasteiger partial charge in [0.15, 0.2) is 11.5 Å². The van der Waals surface area contributed by atoms with Gasteiger partial charge in [-0.15, -0.1) is 11.3 Å². The SMILES string of the molecule is COc1ccc(-c2nc(CC(=O)N[C@@H]3CCOC(C)(C)C3)cs2)cc1OC. The zero-order valence-electron chi connectivity index (χ0n) is 16.2. The highest BCUT2D eigenvalue weighted by atomic mass is 32.1. The average molecular weight is 391 g/mol. The molecular weight excluding hydrogens is 364 g/mol. The van der Waals surface area contributed by atoms with E-state index in [0.29, 0.717) is 18.1 Å². The topological polar surface area (TPSA) is 69.7 Å². The molecule has 0 radical (unpaired) electrons. The molecule has 146 valence electrons. The number of rotatable bonds is 6. The Balaban J connectivity index is 1.63. The molecule has 1 fully saturated rings. The first-order valence-corrected chi connectivity index (χ1v) is 9.88. The predicted octanol–water partition coefficient (Wildman–Crippen LogP) is 3.44. The van der Waals surface area contributed by atoms with Crippen LogP contribution in [-0.4, -0.2) is 43.4 Å². The Morgan fingerprint density at radius 1 is 1.33 bits per heavy atom. The van der Waals surface area contributed by atoms with Crippen LogP contribution in [0.4, 0.5) is 0 Å². The largest absolute Gasteiger partial charge is 0.493 e. The third kappa shape index (κ3) is 4.99. The summed E-state index contributed by atoms with van der Waals surface area (Å²) in [5.41, 5.74) is 1.53. The summed E-state index contributed by atoms with van der Waals surface area (Å²) in [4.78, 5) is 17.0. The summed E-state index contributed by atoms with van der Waals surface area (Å²) in [5.74, 6) is 1.34. The van der Waals surface area contributed by atoms with Crippen LogP contribution in [0.5, 0.6) is 11.5 Å². The monoisotopic (exact) mass is 390 g/mol. The minimum atomic E-state index is -0.183. The lowest BCUT2D eigenvalue weighted by Gasteiger charge is -2.35. The fourth-order valence-electron chi connectivity index (χ4n) is 3.29. The highest BCUT2D eigenvalue weighted by Crippen LogP contribution is 2.33. The van der Waals surface area contributed by atoms with Crippen molar-refractivity contribution in [1.29, 1.82) is 0 Å². The maximum Gasteiger partial charge on any atom is 0.226 e. The van der Waals surface area contributed by atoms with Gasteiger partial charge in [0.1, 0.15) is 5.01 Å². The number of carbonyl (C=O) groups excluding carboxylic acids is 1. The van der Waals surface area contributed by atoms with Gasteiger partial charge >= 0.3 is 0 Å². The summed E-state index contributed by atoms with van der Waals surface area (Å²) in [5, 5.41) is 5.90. The summed E-state index contributed by atoms with van der Waals surface area (Å²) in [7, 11) is 3.22. The van der Waals surface area contributed by atoms with E-state index in [1.165, 1.54) is 11.3 Å². The third-order valence-corrected chi connectivity index (χ3v) is 5.53. The van der Waals surface area contributed by atoms with Crippen molar-refractivity contribution in [3.05, 3.63) is 29.3 Å². The number of ether oxygens (including phenoxy) is 3. The molecule has 1 saturated heterocycles. The van der Waals surface area contributed by atoms with Gasteiger partial charge < -0.3 is 19.5 Å². The third-order valence-electron chi connectivity index (χ3n) is 4.59. The molecule has 0 aliphatic carbocycles. The predicted molar refractivity (Wildman–Crippen MR) is 106 cm³/mol. The van der Waals surface area contributed by atoms with E-state index in [4.69, 9.17) is 14.2 Å². The van der Waals surface area contributed by atoms with Crippen molar-refractivity contribution < 1.29 is 19.0 Å². The van der Waals surface area contributed by atoms with E-state index >= 15 is 0 Å². The van der Waals surface area contributed by atoms with Gasteiger partial charge in [0.25, 0.3) is 0 Å². The highest BCUT2D eigenvalue weighted by Gasteiger charge is 2.29. The summed E-state index contributed by atoms with van der Waals surface area (Å²) in [6.07, 6.45) is 1.96. The lowest BCUT2D eigenvalue weighted by Crippen LogP contribution is -2.46. The fraction of sp³-hybridized carbons (Fsp3) is 0.500. The number of methoxy groups -OCH3 is 2. The van der Waals surface area contributed by atoms with Gasteiger partial charge in [-0.25, -0.2) is 4.98 Å². The average Bonchev–Trinajstić information content (AvgIpc) is 3.08. The van der Waals surface area contributed by atoms with Gasteiger partial charge in [0.05, 0.1) is 31.9 Å². The molecule has 1 aliphatic heterocycles. The Morgan fingerprint density at radius 2 is 2.11 bits per heavy atom. The Bertz CT molecular complexity index is 803. The van der Waals surface area contributed by atoms with Crippen LogP contribution in [0, 0.1) is 0 Å². The number of hydrogen-bond donors (Lipinski definition) is 1. The normalized spacial score (nSPS) is 18.7. The second-order valence-electron chi connectivity index (χ2n) is 7.26. The molecule has 1 aromatic carbocycles. The second kappa shape index (κ2) is 8.27. The van der Waals surface area contributed by atoms with Gasteiger partial charge in [0.2, 0.25) is 5.91 Å². The number of carbonyl (C=O) groups is 1. The van der Waals surface area contributed by atoms with E-state index in [0.717, 1.165) is 29.1 Å². The first-order chi connectivity index (χ1) is 12.9. The molecule has 1 atom stereocenters. The molecule has 0 spiro atoms. The molecule has 0 bridgehead atoms. The van der Waals surface area contributed by atoms with Crippen LogP contribution in [-0.2, 0) is 16.0 Å². The van der Waals surface area contributed by atoms with Crippen molar-refractivity contribution in [1.82, 2.24) is 10.3 Å². The number of aromatic nitrogens is 1. The number of nitrogens with zero attached hydrogens (tertiary/aromatic N) is 1. The van der Waals surface area contributed by atoms with E-state index in [1.807, 2.05) is 23.6 Å². The molecule has 27 heavy (non-hydrogen) atoms. The molecule has 3 rings (SSSR count). The fourth-order valence-corrected chi connectivity index (χ4v) is 4.10. The minimum absolute atomic E-state index is 0.00172. The van der Waals surface area contributed by atoms with Gasteiger partial charge in [-0.3, -0.25) is 4.79 Å². The highest BCUT2D eigenvalue weighted by molar-refractivity contribution is 7.13. The summed E-state index contributed by atoms with van der Waals surface area (Å²) < 4.78 is 16.3.